The number of rotatable bonds is 2. The van der Waals surface area contributed by atoms with E-state index in [0.29, 0.717) is 11.3 Å². The minimum absolute atomic E-state index is 0.194. The zero-order chi connectivity index (χ0) is 18.3. The second kappa shape index (κ2) is 6.16. The Morgan fingerprint density at radius 2 is 1.73 bits per heavy atom. The van der Waals surface area contributed by atoms with E-state index in [1.54, 1.807) is 30.3 Å². The molecule has 1 fully saturated rings. The lowest BCUT2D eigenvalue weighted by Gasteiger charge is -2.26. The maximum absolute atomic E-state index is 12.8. The van der Waals surface area contributed by atoms with E-state index in [9.17, 15) is 14.4 Å². The smallest absolute Gasteiger partial charge is 0.335 e. The van der Waals surface area contributed by atoms with Gasteiger partial charge in [-0.3, -0.25) is 14.9 Å². The van der Waals surface area contributed by atoms with Crippen molar-refractivity contribution in [3.63, 3.8) is 0 Å². The van der Waals surface area contributed by atoms with Crippen LogP contribution in [0.2, 0.25) is 5.02 Å². The van der Waals surface area contributed by atoms with Crippen LogP contribution in [0.4, 0.5) is 10.5 Å². The summed E-state index contributed by atoms with van der Waals surface area (Å²) in [6.45, 7) is 0. The number of imide groups is 2. The highest BCUT2D eigenvalue weighted by molar-refractivity contribution is 6.42. The number of barbiturate groups is 1. The van der Waals surface area contributed by atoms with Gasteiger partial charge in [0, 0.05) is 5.39 Å². The van der Waals surface area contributed by atoms with Gasteiger partial charge >= 0.3 is 6.03 Å². The number of urea groups is 1. The van der Waals surface area contributed by atoms with Gasteiger partial charge in [0.15, 0.2) is 0 Å². The van der Waals surface area contributed by atoms with Crippen molar-refractivity contribution in [2.45, 2.75) is 0 Å². The van der Waals surface area contributed by atoms with Gasteiger partial charge in [0.2, 0.25) is 0 Å². The molecule has 1 saturated heterocycles. The number of carbonyl (C=O) groups is 3. The summed E-state index contributed by atoms with van der Waals surface area (Å²) in [5.41, 5.74) is 0.602. The molecule has 0 radical (unpaired) electrons. The van der Waals surface area contributed by atoms with E-state index in [1.165, 1.54) is 12.1 Å². The Bertz CT molecular complexity index is 1070. The van der Waals surface area contributed by atoms with Crippen molar-refractivity contribution in [3.05, 3.63) is 71.0 Å². The fourth-order valence-electron chi connectivity index (χ4n) is 2.73. The highest BCUT2D eigenvalue weighted by atomic mass is 35.5. The average molecular weight is 367 g/mol. The van der Waals surface area contributed by atoms with Gasteiger partial charge in [-0.25, -0.2) is 9.69 Å². The lowest BCUT2D eigenvalue weighted by Crippen LogP contribution is -2.54. The summed E-state index contributed by atoms with van der Waals surface area (Å²) in [6.07, 6.45) is 1.31. The molecule has 1 aliphatic heterocycles. The number of amides is 4. The zero-order valence-electron chi connectivity index (χ0n) is 13.2. The fourth-order valence-corrected chi connectivity index (χ4v) is 2.95. The molecule has 2 heterocycles. The van der Waals surface area contributed by atoms with Gasteiger partial charge in [0.25, 0.3) is 11.8 Å². The number of para-hydroxylation sites is 2. The Balaban J connectivity index is 1.78. The third kappa shape index (κ3) is 2.66. The molecule has 128 valence electrons. The average Bonchev–Trinajstić information content (AvgIpc) is 3.02. The quantitative estimate of drug-likeness (QED) is 0.553. The molecule has 26 heavy (non-hydrogen) atoms. The monoisotopic (exact) mass is 366 g/mol. The van der Waals surface area contributed by atoms with Crippen LogP contribution in [-0.2, 0) is 9.59 Å². The molecule has 4 rings (SSSR count). The van der Waals surface area contributed by atoms with Gasteiger partial charge in [-0.1, -0.05) is 41.9 Å². The highest BCUT2D eigenvalue weighted by Gasteiger charge is 2.37. The van der Waals surface area contributed by atoms with E-state index in [0.717, 1.165) is 10.3 Å². The van der Waals surface area contributed by atoms with Crippen molar-refractivity contribution in [3.8, 4) is 0 Å². The number of anilines is 1. The molecule has 1 N–H and O–H groups in total. The summed E-state index contributed by atoms with van der Waals surface area (Å²) in [4.78, 5) is 38.0. The van der Waals surface area contributed by atoms with Gasteiger partial charge in [-0.05, 0) is 30.3 Å². The molecular formula is C19H11ClN2O4. The van der Waals surface area contributed by atoms with Crippen LogP contribution in [0.1, 0.15) is 5.76 Å². The number of carbonyl (C=O) groups excluding carboxylic acids is 3. The van der Waals surface area contributed by atoms with E-state index < -0.39 is 17.8 Å². The van der Waals surface area contributed by atoms with Gasteiger partial charge in [0.05, 0.1) is 10.7 Å². The molecule has 0 spiro atoms. The largest absolute Gasteiger partial charge is 0.457 e. The molecule has 3 aromatic rings. The molecule has 0 saturated carbocycles. The van der Waals surface area contributed by atoms with Crippen LogP contribution in [-0.4, -0.2) is 17.8 Å². The molecule has 0 bridgehead atoms. The molecule has 4 amide bonds. The Kier molecular flexibility index (Phi) is 3.82. The second-order valence-electron chi connectivity index (χ2n) is 5.60. The number of fused-ring (bicyclic) bond motifs is 1. The normalized spacial score (nSPS) is 16.4. The number of nitrogens with zero attached hydrogens (tertiary/aromatic N) is 1. The third-order valence-corrected chi connectivity index (χ3v) is 4.25. The SMILES string of the molecule is O=C1NC(=O)N(c2ccccc2Cl)C(=O)C1=Cc1cc2ccccc2o1. The van der Waals surface area contributed by atoms with Crippen LogP contribution >= 0.6 is 11.6 Å². The van der Waals surface area contributed by atoms with Crippen molar-refractivity contribution in [2.75, 3.05) is 4.90 Å². The predicted molar refractivity (Wildman–Crippen MR) is 96.7 cm³/mol. The fraction of sp³-hybridized carbons (Fsp3) is 0. The summed E-state index contributed by atoms with van der Waals surface area (Å²) >= 11 is 6.09. The van der Waals surface area contributed by atoms with Gasteiger partial charge in [0.1, 0.15) is 16.9 Å². The van der Waals surface area contributed by atoms with E-state index in [2.05, 4.69) is 5.32 Å². The molecule has 1 aliphatic rings. The number of hydrogen-bond acceptors (Lipinski definition) is 4. The minimum atomic E-state index is -0.852. The molecule has 0 unspecified atom stereocenters. The first-order valence-corrected chi connectivity index (χ1v) is 8.07. The maximum Gasteiger partial charge on any atom is 0.335 e. The first-order valence-electron chi connectivity index (χ1n) is 7.69. The van der Waals surface area contributed by atoms with Crippen LogP contribution < -0.4 is 10.2 Å². The van der Waals surface area contributed by atoms with Crippen molar-refractivity contribution in [1.82, 2.24) is 5.32 Å². The summed E-state index contributed by atoms with van der Waals surface area (Å²) in [5, 5.41) is 3.20. The number of halogens is 1. The summed E-state index contributed by atoms with van der Waals surface area (Å²) in [5.74, 6) is -1.23. The third-order valence-electron chi connectivity index (χ3n) is 3.93. The van der Waals surface area contributed by atoms with E-state index in [4.69, 9.17) is 16.0 Å². The van der Waals surface area contributed by atoms with Crippen LogP contribution in [0.15, 0.2) is 64.6 Å². The van der Waals surface area contributed by atoms with E-state index >= 15 is 0 Å². The van der Waals surface area contributed by atoms with Gasteiger partial charge in [-0.2, -0.15) is 0 Å². The summed E-state index contributed by atoms with van der Waals surface area (Å²) in [7, 11) is 0. The lowest BCUT2D eigenvalue weighted by atomic mass is 10.1. The first kappa shape index (κ1) is 16.1. The van der Waals surface area contributed by atoms with Crippen molar-refractivity contribution >= 4 is 52.2 Å². The predicted octanol–water partition coefficient (Wildman–Crippen LogP) is 3.75. The van der Waals surface area contributed by atoms with Crippen molar-refractivity contribution in [2.24, 2.45) is 0 Å². The molecule has 7 heteroatoms. The topological polar surface area (TPSA) is 79.6 Å². The second-order valence-corrected chi connectivity index (χ2v) is 6.00. The first-order chi connectivity index (χ1) is 12.5. The van der Waals surface area contributed by atoms with Crippen LogP contribution in [0, 0.1) is 0 Å². The zero-order valence-corrected chi connectivity index (χ0v) is 14.0. The van der Waals surface area contributed by atoms with Crippen molar-refractivity contribution in [1.29, 1.82) is 0 Å². The summed E-state index contributed by atoms with van der Waals surface area (Å²) < 4.78 is 5.62. The standard InChI is InChI=1S/C19H11ClN2O4/c20-14-6-2-3-7-15(14)22-18(24)13(17(23)21-19(22)25)10-12-9-11-5-1-4-8-16(11)26-12/h1-10H,(H,21,23,25). The molecule has 2 aromatic carbocycles. The number of benzene rings is 2. The highest BCUT2D eigenvalue weighted by Crippen LogP contribution is 2.29. The minimum Gasteiger partial charge on any atom is -0.457 e. The molecule has 6 nitrogen and oxygen atoms in total. The van der Waals surface area contributed by atoms with Crippen LogP contribution in [0.5, 0.6) is 0 Å². The maximum atomic E-state index is 12.8. The Morgan fingerprint density at radius 1 is 1.00 bits per heavy atom. The Hall–Kier alpha value is -3.38. The molecule has 0 aliphatic carbocycles. The number of hydrogen-bond donors (Lipinski definition) is 1. The van der Waals surface area contributed by atoms with Crippen LogP contribution in [0.25, 0.3) is 17.0 Å². The number of furan rings is 1. The number of nitrogens with one attached hydrogen (secondary N) is 1. The molecule has 0 atom stereocenters. The van der Waals surface area contributed by atoms with E-state index in [1.807, 2.05) is 18.2 Å². The van der Waals surface area contributed by atoms with Gasteiger partial charge in [-0.15, -0.1) is 0 Å². The van der Waals surface area contributed by atoms with Crippen molar-refractivity contribution < 1.29 is 18.8 Å². The Morgan fingerprint density at radius 3 is 2.50 bits per heavy atom. The Labute approximate surface area is 152 Å². The molecular weight excluding hydrogens is 356 g/mol. The summed E-state index contributed by atoms with van der Waals surface area (Å²) in [6, 6.07) is 14.5. The van der Waals surface area contributed by atoms with Gasteiger partial charge < -0.3 is 4.42 Å². The molecule has 1 aromatic heterocycles. The lowest BCUT2D eigenvalue weighted by molar-refractivity contribution is -0.122. The van der Waals surface area contributed by atoms with E-state index in [-0.39, 0.29) is 16.3 Å². The van der Waals surface area contributed by atoms with Crippen LogP contribution in [0.3, 0.4) is 0 Å².